The Morgan fingerprint density at radius 1 is 1.29 bits per heavy atom. The number of hydrogen-bond acceptors (Lipinski definition) is 2. The van der Waals surface area contributed by atoms with Gasteiger partial charge in [-0.3, -0.25) is 9.20 Å². The highest BCUT2D eigenvalue weighted by molar-refractivity contribution is 6.31. The molecule has 3 rings (SSSR count). The zero-order valence-corrected chi connectivity index (χ0v) is 9.90. The summed E-state index contributed by atoms with van der Waals surface area (Å²) in [6, 6.07) is 9.48. The molecule has 0 saturated heterocycles. The summed E-state index contributed by atoms with van der Waals surface area (Å²) in [6.07, 6.45) is 1.76. The van der Waals surface area contributed by atoms with Gasteiger partial charge in [-0.05, 0) is 30.3 Å². The Morgan fingerprint density at radius 2 is 2.12 bits per heavy atom. The Morgan fingerprint density at radius 3 is 2.88 bits per heavy atom. The van der Waals surface area contributed by atoms with Crippen molar-refractivity contribution in [1.82, 2.24) is 9.38 Å². The number of carbonyl (C=O) groups excluding carboxylic acids is 1. The fourth-order valence-electron chi connectivity index (χ4n) is 1.92. The molecule has 0 atom stereocenters. The Hall–Kier alpha value is -1.87. The predicted octanol–water partition coefficient (Wildman–Crippen LogP) is 3.34. The summed E-state index contributed by atoms with van der Waals surface area (Å²) >= 11 is 5.95. The van der Waals surface area contributed by atoms with Crippen LogP contribution in [0.5, 0.6) is 0 Å². The average molecular weight is 245 g/mol. The molecule has 0 spiro atoms. The maximum absolute atomic E-state index is 11.3. The first kappa shape index (κ1) is 10.3. The standard InChI is InChI=1S/C13H9ClN2O/c1-8(17)11-7-16-12-4-3-10(14)6-9(12)2-5-13(16)15-11/h2-7H,1H3. The van der Waals surface area contributed by atoms with Crippen LogP contribution >= 0.6 is 11.6 Å². The largest absolute Gasteiger partial charge is 0.299 e. The lowest BCUT2D eigenvalue weighted by molar-refractivity contribution is 0.101. The van der Waals surface area contributed by atoms with Gasteiger partial charge in [-0.1, -0.05) is 11.6 Å². The Kier molecular flexibility index (Phi) is 2.16. The number of imidazole rings is 1. The van der Waals surface area contributed by atoms with Crippen molar-refractivity contribution in [3.05, 3.63) is 47.2 Å². The van der Waals surface area contributed by atoms with Crippen LogP contribution in [0.3, 0.4) is 0 Å². The predicted molar refractivity (Wildman–Crippen MR) is 67.7 cm³/mol. The highest BCUT2D eigenvalue weighted by Crippen LogP contribution is 2.21. The second-order valence-corrected chi connectivity index (χ2v) is 4.38. The van der Waals surface area contributed by atoms with Crippen LogP contribution in [0.25, 0.3) is 16.6 Å². The number of pyridine rings is 1. The van der Waals surface area contributed by atoms with Crippen LogP contribution in [-0.4, -0.2) is 15.2 Å². The molecule has 0 aliphatic rings. The highest BCUT2D eigenvalue weighted by atomic mass is 35.5. The SMILES string of the molecule is CC(=O)c1cn2c(ccc3cc(Cl)ccc32)n1. The van der Waals surface area contributed by atoms with E-state index in [1.54, 1.807) is 6.20 Å². The van der Waals surface area contributed by atoms with E-state index in [1.165, 1.54) is 6.92 Å². The quantitative estimate of drug-likeness (QED) is 0.616. The van der Waals surface area contributed by atoms with Gasteiger partial charge in [0.1, 0.15) is 11.3 Å². The smallest absolute Gasteiger partial charge is 0.179 e. The molecule has 3 aromatic rings. The van der Waals surface area contributed by atoms with Gasteiger partial charge in [0.15, 0.2) is 5.78 Å². The molecule has 0 N–H and O–H groups in total. The van der Waals surface area contributed by atoms with Crippen molar-refractivity contribution in [3.8, 4) is 0 Å². The fourth-order valence-corrected chi connectivity index (χ4v) is 2.10. The van der Waals surface area contributed by atoms with Crippen molar-refractivity contribution in [2.45, 2.75) is 6.92 Å². The molecule has 0 aliphatic heterocycles. The van der Waals surface area contributed by atoms with Crippen molar-refractivity contribution in [2.24, 2.45) is 0 Å². The van der Waals surface area contributed by atoms with Crippen molar-refractivity contribution in [1.29, 1.82) is 0 Å². The number of hydrogen-bond donors (Lipinski definition) is 0. The van der Waals surface area contributed by atoms with E-state index in [1.807, 2.05) is 34.7 Å². The van der Waals surface area contributed by atoms with Crippen molar-refractivity contribution >= 4 is 33.9 Å². The molecule has 2 heterocycles. The van der Waals surface area contributed by atoms with Crippen LogP contribution in [0.1, 0.15) is 17.4 Å². The van der Waals surface area contributed by atoms with E-state index in [0.717, 1.165) is 16.6 Å². The molecule has 0 fully saturated rings. The van der Waals surface area contributed by atoms with Gasteiger partial charge in [0.25, 0.3) is 0 Å². The highest BCUT2D eigenvalue weighted by Gasteiger charge is 2.07. The third kappa shape index (κ3) is 1.59. The van der Waals surface area contributed by atoms with E-state index < -0.39 is 0 Å². The fraction of sp³-hybridized carbons (Fsp3) is 0.0769. The molecule has 0 radical (unpaired) electrons. The second kappa shape index (κ2) is 3.57. The van der Waals surface area contributed by atoms with Gasteiger partial charge in [0.2, 0.25) is 0 Å². The first-order valence-corrected chi connectivity index (χ1v) is 5.61. The lowest BCUT2D eigenvalue weighted by atomic mass is 10.2. The van der Waals surface area contributed by atoms with Gasteiger partial charge < -0.3 is 0 Å². The van der Waals surface area contributed by atoms with Crippen molar-refractivity contribution in [3.63, 3.8) is 0 Å². The molecule has 3 nitrogen and oxygen atoms in total. The molecule has 1 aromatic carbocycles. The zero-order chi connectivity index (χ0) is 12.0. The maximum atomic E-state index is 11.3. The van der Waals surface area contributed by atoms with Crippen LogP contribution in [0, 0.1) is 0 Å². The number of halogens is 1. The van der Waals surface area contributed by atoms with Gasteiger partial charge in [-0.2, -0.15) is 0 Å². The number of aromatic nitrogens is 2. The van der Waals surface area contributed by atoms with E-state index in [0.29, 0.717) is 10.7 Å². The molecule has 0 amide bonds. The maximum Gasteiger partial charge on any atom is 0.179 e. The minimum atomic E-state index is -0.0317. The molecular weight excluding hydrogens is 236 g/mol. The van der Waals surface area contributed by atoms with Crippen molar-refractivity contribution in [2.75, 3.05) is 0 Å². The molecule has 4 heteroatoms. The van der Waals surface area contributed by atoms with Crippen LogP contribution in [0.4, 0.5) is 0 Å². The van der Waals surface area contributed by atoms with Gasteiger partial charge in [0, 0.05) is 23.5 Å². The summed E-state index contributed by atoms with van der Waals surface area (Å²) in [4.78, 5) is 15.6. The zero-order valence-electron chi connectivity index (χ0n) is 9.14. The molecule has 0 unspecified atom stereocenters. The molecule has 84 valence electrons. The normalized spacial score (nSPS) is 11.2. The lowest BCUT2D eigenvalue weighted by Gasteiger charge is -2.01. The summed E-state index contributed by atoms with van der Waals surface area (Å²) in [7, 11) is 0. The summed E-state index contributed by atoms with van der Waals surface area (Å²) in [5, 5.41) is 1.72. The number of carbonyl (C=O) groups is 1. The summed E-state index contributed by atoms with van der Waals surface area (Å²) in [5.41, 5.74) is 2.24. The molecule has 17 heavy (non-hydrogen) atoms. The number of nitrogens with zero attached hydrogens (tertiary/aromatic N) is 2. The number of rotatable bonds is 1. The third-order valence-electron chi connectivity index (χ3n) is 2.75. The summed E-state index contributed by atoms with van der Waals surface area (Å²) in [5.74, 6) is -0.0317. The van der Waals surface area contributed by atoms with Gasteiger partial charge in [-0.25, -0.2) is 4.98 Å². The molecular formula is C13H9ClN2O. The summed E-state index contributed by atoms with van der Waals surface area (Å²) < 4.78 is 1.91. The van der Waals surface area contributed by atoms with Crippen LogP contribution < -0.4 is 0 Å². The van der Waals surface area contributed by atoms with E-state index in [-0.39, 0.29) is 5.78 Å². The molecule has 0 aliphatic carbocycles. The molecule has 0 saturated carbocycles. The lowest BCUT2D eigenvalue weighted by Crippen LogP contribution is -1.90. The number of benzene rings is 1. The minimum Gasteiger partial charge on any atom is -0.299 e. The Bertz CT molecular complexity index is 746. The van der Waals surface area contributed by atoms with Crippen LogP contribution in [-0.2, 0) is 0 Å². The number of Topliss-reactive ketones (excluding diaryl/α,β-unsaturated/α-hetero) is 1. The van der Waals surface area contributed by atoms with Gasteiger partial charge in [-0.15, -0.1) is 0 Å². The monoisotopic (exact) mass is 244 g/mol. The minimum absolute atomic E-state index is 0.0317. The third-order valence-corrected chi connectivity index (χ3v) is 2.99. The summed E-state index contributed by atoms with van der Waals surface area (Å²) in [6.45, 7) is 1.51. The van der Waals surface area contributed by atoms with E-state index >= 15 is 0 Å². The van der Waals surface area contributed by atoms with Gasteiger partial charge >= 0.3 is 0 Å². The average Bonchev–Trinajstić information content (AvgIpc) is 2.72. The van der Waals surface area contributed by atoms with E-state index in [2.05, 4.69) is 4.98 Å². The van der Waals surface area contributed by atoms with E-state index in [4.69, 9.17) is 11.6 Å². The molecule has 2 aromatic heterocycles. The number of ketones is 1. The first-order valence-electron chi connectivity index (χ1n) is 5.23. The van der Waals surface area contributed by atoms with Crippen LogP contribution in [0.15, 0.2) is 36.5 Å². The van der Waals surface area contributed by atoms with Crippen LogP contribution in [0.2, 0.25) is 5.02 Å². The topological polar surface area (TPSA) is 34.4 Å². The number of fused-ring (bicyclic) bond motifs is 3. The Balaban J connectivity index is 2.42. The molecule has 0 bridgehead atoms. The van der Waals surface area contributed by atoms with Gasteiger partial charge in [0.05, 0.1) is 5.52 Å². The first-order chi connectivity index (χ1) is 8.15. The van der Waals surface area contributed by atoms with Crippen molar-refractivity contribution < 1.29 is 4.79 Å². The Labute approximate surface area is 103 Å². The van der Waals surface area contributed by atoms with E-state index in [9.17, 15) is 4.79 Å². The second-order valence-electron chi connectivity index (χ2n) is 3.95.